The summed E-state index contributed by atoms with van der Waals surface area (Å²) in [6.07, 6.45) is 1.75. The first-order chi connectivity index (χ1) is 11.7. The molecule has 24 heavy (non-hydrogen) atoms. The number of nitrogens with one attached hydrogen (secondary N) is 1. The topological polar surface area (TPSA) is 51.0 Å². The molecule has 0 aliphatic heterocycles. The second-order valence-corrected chi connectivity index (χ2v) is 6.84. The number of hydrogen-bond donors (Lipinski definition) is 1. The molecule has 4 nitrogen and oxygen atoms in total. The van der Waals surface area contributed by atoms with Gasteiger partial charge in [0.2, 0.25) is 5.89 Å². The summed E-state index contributed by atoms with van der Waals surface area (Å²) in [5.74, 6) is 0.181. The summed E-state index contributed by atoms with van der Waals surface area (Å²) in [7, 11) is 0. The Kier molecular flexibility index (Phi) is 3.92. The lowest BCUT2D eigenvalue weighted by Gasteiger charge is -2.03. The van der Waals surface area contributed by atoms with Crippen LogP contribution in [-0.2, 0) is 6.54 Å². The number of fused-ring (bicyclic) bond motifs is 1. The summed E-state index contributed by atoms with van der Waals surface area (Å²) in [5, 5.41) is 3.30. The zero-order chi connectivity index (χ0) is 16.5. The SMILES string of the molecule is Fc1ccc(-c2nc3cc(NCc4cnc(Cl)s4)ccc3o2)cc1. The van der Waals surface area contributed by atoms with Crippen LogP contribution in [0.15, 0.2) is 53.1 Å². The Morgan fingerprint density at radius 2 is 2.00 bits per heavy atom. The van der Waals surface area contributed by atoms with Crippen LogP contribution < -0.4 is 5.32 Å². The van der Waals surface area contributed by atoms with Gasteiger partial charge < -0.3 is 9.73 Å². The first kappa shape index (κ1) is 15.1. The molecule has 0 fully saturated rings. The first-order valence-corrected chi connectivity index (χ1v) is 8.37. The van der Waals surface area contributed by atoms with Gasteiger partial charge in [-0.05, 0) is 42.5 Å². The summed E-state index contributed by atoms with van der Waals surface area (Å²) in [5.41, 5.74) is 3.08. The van der Waals surface area contributed by atoms with Gasteiger partial charge in [0.15, 0.2) is 10.0 Å². The Labute approximate surface area is 145 Å². The molecule has 0 saturated heterocycles. The molecule has 4 rings (SSSR count). The van der Waals surface area contributed by atoms with Crippen molar-refractivity contribution in [3.05, 3.63) is 63.8 Å². The third-order valence-electron chi connectivity index (χ3n) is 3.47. The van der Waals surface area contributed by atoms with E-state index >= 15 is 0 Å². The van der Waals surface area contributed by atoms with Gasteiger partial charge in [-0.2, -0.15) is 0 Å². The lowest BCUT2D eigenvalue weighted by atomic mass is 10.2. The highest BCUT2D eigenvalue weighted by Crippen LogP contribution is 2.27. The number of anilines is 1. The number of aromatic nitrogens is 2. The number of halogens is 2. The Hall–Kier alpha value is -2.44. The molecule has 0 bridgehead atoms. The van der Waals surface area contributed by atoms with E-state index in [1.807, 2.05) is 18.2 Å². The maximum Gasteiger partial charge on any atom is 0.227 e. The van der Waals surface area contributed by atoms with Crippen LogP contribution in [0.2, 0.25) is 4.47 Å². The Bertz CT molecular complexity index is 997. The molecule has 0 spiro atoms. The molecule has 0 unspecified atom stereocenters. The van der Waals surface area contributed by atoms with Crippen molar-refractivity contribution < 1.29 is 8.81 Å². The van der Waals surface area contributed by atoms with Gasteiger partial charge in [-0.3, -0.25) is 0 Å². The van der Waals surface area contributed by atoms with Crippen molar-refractivity contribution in [1.82, 2.24) is 9.97 Å². The quantitative estimate of drug-likeness (QED) is 0.533. The highest BCUT2D eigenvalue weighted by molar-refractivity contribution is 7.15. The molecule has 2 aromatic heterocycles. The van der Waals surface area contributed by atoms with Crippen molar-refractivity contribution >= 4 is 39.7 Å². The minimum Gasteiger partial charge on any atom is -0.436 e. The normalized spacial score (nSPS) is 11.1. The molecular weight excluding hydrogens is 349 g/mol. The van der Waals surface area contributed by atoms with E-state index in [0.29, 0.717) is 22.5 Å². The van der Waals surface area contributed by atoms with E-state index in [0.717, 1.165) is 21.6 Å². The number of oxazole rings is 1. The fraction of sp³-hybridized carbons (Fsp3) is 0.0588. The lowest BCUT2D eigenvalue weighted by molar-refractivity contribution is 0.616. The summed E-state index contributed by atoms with van der Waals surface area (Å²) >= 11 is 7.26. The number of rotatable bonds is 4. The lowest BCUT2D eigenvalue weighted by Crippen LogP contribution is -1.96. The largest absolute Gasteiger partial charge is 0.436 e. The van der Waals surface area contributed by atoms with Gasteiger partial charge in [0, 0.05) is 22.3 Å². The molecule has 120 valence electrons. The second-order valence-electron chi connectivity index (χ2n) is 5.14. The molecule has 2 aromatic carbocycles. The van der Waals surface area contributed by atoms with Gasteiger partial charge in [-0.25, -0.2) is 14.4 Å². The van der Waals surface area contributed by atoms with Crippen molar-refractivity contribution in [2.24, 2.45) is 0 Å². The number of hydrogen-bond acceptors (Lipinski definition) is 5. The van der Waals surface area contributed by atoms with Crippen LogP contribution >= 0.6 is 22.9 Å². The van der Waals surface area contributed by atoms with Gasteiger partial charge >= 0.3 is 0 Å². The summed E-state index contributed by atoms with van der Waals surface area (Å²) < 4.78 is 19.3. The molecule has 0 aliphatic rings. The number of nitrogens with zero attached hydrogens (tertiary/aromatic N) is 2. The van der Waals surface area contributed by atoms with Gasteiger partial charge in [-0.1, -0.05) is 11.6 Å². The summed E-state index contributed by atoms with van der Waals surface area (Å²) in [6, 6.07) is 11.8. The zero-order valence-corrected chi connectivity index (χ0v) is 13.9. The molecule has 4 aromatic rings. The molecular formula is C17H11ClFN3OS. The highest BCUT2D eigenvalue weighted by atomic mass is 35.5. The number of thiazole rings is 1. The van der Waals surface area contributed by atoms with E-state index < -0.39 is 0 Å². The van der Waals surface area contributed by atoms with Crippen LogP contribution in [0.25, 0.3) is 22.6 Å². The third kappa shape index (κ3) is 3.11. The predicted octanol–water partition coefficient (Wildman–Crippen LogP) is 5.36. The first-order valence-electron chi connectivity index (χ1n) is 7.18. The van der Waals surface area contributed by atoms with Crippen LogP contribution in [0.4, 0.5) is 10.1 Å². The van der Waals surface area contributed by atoms with E-state index in [2.05, 4.69) is 15.3 Å². The summed E-state index contributed by atoms with van der Waals surface area (Å²) in [6.45, 7) is 0.637. The van der Waals surface area contributed by atoms with Crippen molar-refractivity contribution in [1.29, 1.82) is 0 Å². The van der Waals surface area contributed by atoms with Gasteiger partial charge in [-0.15, -0.1) is 11.3 Å². The van der Waals surface area contributed by atoms with Gasteiger partial charge in [0.05, 0.1) is 6.54 Å². The third-order valence-corrected chi connectivity index (χ3v) is 4.59. The number of benzene rings is 2. The highest BCUT2D eigenvalue weighted by Gasteiger charge is 2.09. The van der Waals surface area contributed by atoms with E-state index in [-0.39, 0.29) is 5.82 Å². The molecule has 0 saturated carbocycles. The van der Waals surface area contributed by atoms with E-state index in [1.165, 1.54) is 23.5 Å². The van der Waals surface area contributed by atoms with Gasteiger partial charge in [0.25, 0.3) is 0 Å². The smallest absolute Gasteiger partial charge is 0.227 e. The average molecular weight is 360 g/mol. The predicted molar refractivity (Wildman–Crippen MR) is 93.9 cm³/mol. The van der Waals surface area contributed by atoms with Crippen LogP contribution in [-0.4, -0.2) is 9.97 Å². The molecule has 0 amide bonds. The Morgan fingerprint density at radius 3 is 2.75 bits per heavy atom. The standard InChI is InChI=1S/C17H11ClFN3OS/c18-17-21-9-13(24-17)8-20-12-5-6-15-14(7-12)22-16(23-15)10-1-3-11(19)4-2-10/h1-7,9,20H,8H2. The minimum absolute atomic E-state index is 0.287. The summed E-state index contributed by atoms with van der Waals surface area (Å²) in [4.78, 5) is 9.53. The maximum absolute atomic E-state index is 13.0. The van der Waals surface area contributed by atoms with E-state index in [4.69, 9.17) is 16.0 Å². The van der Waals surface area contributed by atoms with Crippen LogP contribution in [0.3, 0.4) is 0 Å². The van der Waals surface area contributed by atoms with E-state index in [1.54, 1.807) is 18.3 Å². The van der Waals surface area contributed by atoms with Gasteiger partial charge in [0.1, 0.15) is 11.3 Å². The van der Waals surface area contributed by atoms with Crippen molar-refractivity contribution in [2.75, 3.05) is 5.32 Å². The van der Waals surface area contributed by atoms with Crippen molar-refractivity contribution in [2.45, 2.75) is 6.54 Å². The monoisotopic (exact) mass is 359 g/mol. The fourth-order valence-corrected chi connectivity index (χ4v) is 3.23. The molecule has 1 N–H and O–H groups in total. The molecule has 0 radical (unpaired) electrons. The zero-order valence-electron chi connectivity index (χ0n) is 12.3. The van der Waals surface area contributed by atoms with Crippen LogP contribution in [0, 0.1) is 5.82 Å². The second kappa shape index (κ2) is 6.22. The maximum atomic E-state index is 13.0. The average Bonchev–Trinajstić information content (AvgIpc) is 3.19. The van der Waals surface area contributed by atoms with Crippen molar-refractivity contribution in [3.8, 4) is 11.5 Å². The van der Waals surface area contributed by atoms with Crippen LogP contribution in [0.5, 0.6) is 0 Å². The minimum atomic E-state index is -0.287. The Balaban J connectivity index is 1.57. The van der Waals surface area contributed by atoms with Crippen molar-refractivity contribution in [3.63, 3.8) is 0 Å². The molecule has 0 atom stereocenters. The Morgan fingerprint density at radius 1 is 1.17 bits per heavy atom. The van der Waals surface area contributed by atoms with Crippen LogP contribution in [0.1, 0.15) is 4.88 Å². The molecule has 0 aliphatic carbocycles. The molecule has 2 heterocycles. The van der Waals surface area contributed by atoms with E-state index in [9.17, 15) is 4.39 Å². The molecule has 7 heteroatoms. The fourth-order valence-electron chi connectivity index (χ4n) is 2.31.